The van der Waals surface area contributed by atoms with Gasteiger partial charge < -0.3 is 16.3 Å². The predicted molar refractivity (Wildman–Crippen MR) is 83.8 cm³/mol. The Morgan fingerprint density at radius 2 is 2.11 bits per heavy atom. The second kappa shape index (κ2) is 6.80. The summed E-state index contributed by atoms with van der Waals surface area (Å²) in [6.45, 7) is 6.88. The minimum atomic E-state index is -0.274. The summed E-state index contributed by atoms with van der Waals surface area (Å²) in [5.41, 5.74) is 7.70. The molecule has 0 spiro atoms. The van der Waals surface area contributed by atoms with Crippen LogP contribution in [0.15, 0.2) is 27.8 Å². The lowest BCUT2D eigenvalue weighted by Crippen LogP contribution is -2.32. The lowest BCUT2D eigenvalue weighted by Gasteiger charge is -2.22. The number of hydrogen-bond donors (Lipinski definition) is 3. The van der Waals surface area contributed by atoms with Crippen molar-refractivity contribution in [3.63, 3.8) is 0 Å². The molecule has 0 atom stereocenters. The van der Waals surface area contributed by atoms with Gasteiger partial charge in [0.2, 0.25) is 0 Å². The number of amidine groups is 1. The van der Waals surface area contributed by atoms with E-state index in [0.29, 0.717) is 0 Å². The Bertz CT molecular complexity index is 438. The van der Waals surface area contributed by atoms with E-state index in [1.54, 1.807) is 0 Å². The summed E-state index contributed by atoms with van der Waals surface area (Å²) in [4.78, 5) is 0. The monoisotopic (exact) mass is 327 g/mol. The van der Waals surface area contributed by atoms with E-state index in [1.165, 1.54) is 5.56 Å². The first-order valence-corrected chi connectivity index (χ1v) is 7.13. The summed E-state index contributed by atoms with van der Waals surface area (Å²) >= 11 is 3.48. The minimum absolute atomic E-state index is 0.274. The third-order valence-corrected chi connectivity index (χ3v) is 3.61. The van der Waals surface area contributed by atoms with Crippen LogP contribution in [-0.4, -0.2) is 17.6 Å². The molecule has 0 aromatic heterocycles. The number of aryl methyl sites for hydroxylation is 1. The number of nitrogens with zero attached hydrogens (tertiary/aromatic N) is 1. The number of oxime groups is 1. The SMILES string of the molecule is Cc1cc(Br)cc(NCCCC(C)(C)/C(N)=N/O)c1. The highest BCUT2D eigenvalue weighted by Gasteiger charge is 2.22. The van der Waals surface area contributed by atoms with Crippen LogP contribution >= 0.6 is 15.9 Å². The molecule has 5 heteroatoms. The molecule has 4 nitrogen and oxygen atoms in total. The maximum absolute atomic E-state index is 8.71. The highest BCUT2D eigenvalue weighted by atomic mass is 79.9. The Kier molecular flexibility index (Phi) is 5.66. The summed E-state index contributed by atoms with van der Waals surface area (Å²) < 4.78 is 1.08. The average Bonchev–Trinajstić information content (AvgIpc) is 2.32. The molecule has 0 unspecified atom stereocenters. The third-order valence-electron chi connectivity index (χ3n) is 3.15. The molecule has 0 bridgehead atoms. The van der Waals surface area contributed by atoms with E-state index in [-0.39, 0.29) is 11.3 Å². The molecule has 106 valence electrons. The van der Waals surface area contributed by atoms with E-state index < -0.39 is 0 Å². The van der Waals surface area contributed by atoms with E-state index in [4.69, 9.17) is 10.9 Å². The molecule has 1 rings (SSSR count). The standard InChI is InChI=1S/C14H22BrN3O/c1-10-7-11(15)9-12(8-10)17-6-4-5-14(2,3)13(16)18-19/h7-9,17,19H,4-6H2,1-3H3,(H2,16,18). The number of halogens is 1. The van der Waals surface area contributed by atoms with Gasteiger partial charge in [-0.15, -0.1) is 0 Å². The number of nitrogens with one attached hydrogen (secondary N) is 1. The molecule has 0 radical (unpaired) electrons. The zero-order valence-electron chi connectivity index (χ0n) is 11.7. The van der Waals surface area contributed by atoms with E-state index in [1.807, 2.05) is 13.8 Å². The Labute approximate surface area is 123 Å². The average molecular weight is 328 g/mol. The van der Waals surface area contributed by atoms with Crippen LogP contribution in [0.3, 0.4) is 0 Å². The fourth-order valence-corrected chi connectivity index (χ4v) is 2.47. The molecule has 1 aromatic carbocycles. The maximum atomic E-state index is 8.71. The van der Waals surface area contributed by atoms with Crippen LogP contribution in [0.4, 0.5) is 5.69 Å². The molecule has 1 aromatic rings. The van der Waals surface area contributed by atoms with E-state index in [0.717, 1.165) is 29.5 Å². The van der Waals surface area contributed by atoms with Crippen LogP contribution in [0.1, 0.15) is 32.3 Å². The topological polar surface area (TPSA) is 70.6 Å². The normalized spacial score (nSPS) is 12.5. The molecule has 0 aliphatic rings. The van der Waals surface area contributed by atoms with Gasteiger partial charge in [-0.25, -0.2) is 0 Å². The molecule has 4 N–H and O–H groups in total. The fraction of sp³-hybridized carbons (Fsp3) is 0.500. The van der Waals surface area contributed by atoms with Gasteiger partial charge in [0, 0.05) is 22.1 Å². The number of nitrogens with two attached hydrogens (primary N) is 1. The highest BCUT2D eigenvalue weighted by Crippen LogP contribution is 2.23. The zero-order valence-corrected chi connectivity index (χ0v) is 13.3. The minimum Gasteiger partial charge on any atom is -0.409 e. The summed E-state index contributed by atoms with van der Waals surface area (Å²) in [6, 6.07) is 6.24. The molecule has 0 saturated heterocycles. The molecule has 0 amide bonds. The van der Waals surface area contributed by atoms with Gasteiger partial charge in [-0.1, -0.05) is 34.9 Å². The van der Waals surface area contributed by atoms with Crippen LogP contribution in [0.2, 0.25) is 0 Å². The summed E-state index contributed by atoms with van der Waals surface area (Å²) in [6.07, 6.45) is 1.82. The van der Waals surface area contributed by atoms with Crippen molar-refractivity contribution in [2.75, 3.05) is 11.9 Å². The van der Waals surface area contributed by atoms with Crippen molar-refractivity contribution in [1.82, 2.24) is 0 Å². The van der Waals surface area contributed by atoms with Crippen LogP contribution < -0.4 is 11.1 Å². The molecule has 19 heavy (non-hydrogen) atoms. The molecule has 0 aliphatic carbocycles. The highest BCUT2D eigenvalue weighted by molar-refractivity contribution is 9.10. The van der Waals surface area contributed by atoms with Gasteiger partial charge in [-0.05, 0) is 43.5 Å². The summed E-state index contributed by atoms with van der Waals surface area (Å²) in [5.74, 6) is 0.283. The number of rotatable bonds is 6. The first-order valence-electron chi connectivity index (χ1n) is 6.34. The van der Waals surface area contributed by atoms with E-state index in [9.17, 15) is 0 Å². The predicted octanol–water partition coefficient (Wildman–Crippen LogP) is 3.72. The van der Waals surface area contributed by atoms with Crippen molar-refractivity contribution in [2.24, 2.45) is 16.3 Å². The first-order chi connectivity index (χ1) is 8.85. The third kappa shape index (κ3) is 5.11. The number of anilines is 1. The molecule has 0 fully saturated rings. The Hall–Kier alpha value is -1.23. The molecule has 0 heterocycles. The van der Waals surface area contributed by atoms with E-state index in [2.05, 4.69) is 51.5 Å². The van der Waals surface area contributed by atoms with Crippen molar-refractivity contribution in [3.8, 4) is 0 Å². The lowest BCUT2D eigenvalue weighted by molar-refractivity contribution is 0.305. The van der Waals surface area contributed by atoms with Crippen LogP contribution in [-0.2, 0) is 0 Å². The Morgan fingerprint density at radius 3 is 2.68 bits per heavy atom. The fourth-order valence-electron chi connectivity index (χ4n) is 1.86. The summed E-state index contributed by atoms with van der Waals surface area (Å²) in [7, 11) is 0. The quantitative estimate of drug-likeness (QED) is 0.245. The van der Waals surface area contributed by atoms with Crippen LogP contribution in [0.5, 0.6) is 0 Å². The smallest absolute Gasteiger partial charge is 0.144 e. The second-order valence-corrected chi connectivity index (χ2v) is 6.33. The number of hydrogen-bond acceptors (Lipinski definition) is 3. The maximum Gasteiger partial charge on any atom is 0.144 e. The van der Waals surface area contributed by atoms with Gasteiger partial charge >= 0.3 is 0 Å². The van der Waals surface area contributed by atoms with Crippen molar-refractivity contribution in [1.29, 1.82) is 0 Å². The van der Waals surface area contributed by atoms with Gasteiger partial charge in [0.15, 0.2) is 0 Å². The molecule has 0 aliphatic heterocycles. The largest absolute Gasteiger partial charge is 0.409 e. The summed E-state index contributed by atoms with van der Waals surface area (Å²) in [5, 5.41) is 15.2. The number of benzene rings is 1. The van der Waals surface area contributed by atoms with Gasteiger partial charge in [-0.3, -0.25) is 0 Å². The first kappa shape index (κ1) is 15.8. The van der Waals surface area contributed by atoms with Gasteiger partial charge in [0.05, 0.1) is 0 Å². The lowest BCUT2D eigenvalue weighted by atomic mass is 9.86. The van der Waals surface area contributed by atoms with Crippen LogP contribution in [0, 0.1) is 12.3 Å². The zero-order chi connectivity index (χ0) is 14.5. The van der Waals surface area contributed by atoms with Crippen molar-refractivity contribution >= 4 is 27.5 Å². The van der Waals surface area contributed by atoms with Crippen molar-refractivity contribution in [2.45, 2.75) is 33.6 Å². The Balaban J connectivity index is 2.43. The van der Waals surface area contributed by atoms with Gasteiger partial charge in [0.1, 0.15) is 5.84 Å². The Morgan fingerprint density at radius 1 is 1.42 bits per heavy atom. The van der Waals surface area contributed by atoms with Crippen molar-refractivity contribution < 1.29 is 5.21 Å². The molecular weight excluding hydrogens is 306 g/mol. The van der Waals surface area contributed by atoms with E-state index >= 15 is 0 Å². The molecular formula is C14H22BrN3O. The molecule has 0 saturated carbocycles. The van der Waals surface area contributed by atoms with Gasteiger partial charge in [-0.2, -0.15) is 0 Å². The van der Waals surface area contributed by atoms with Gasteiger partial charge in [0.25, 0.3) is 0 Å². The van der Waals surface area contributed by atoms with Crippen LogP contribution in [0.25, 0.3) is 0 Å². The van der Waals surface area contributed by atoms with Crippen molar-refractivity contribution in [3.05, 3.63) is 28.2 Å². The second-order valence-electron chi connectivity index (χ2n) is 5.42.